The fourth-order valence-electron chi connectivity index (χ4n) is 3.08. The van der Waals surface area contributed by atoms with Crippen molar-refractivity contribution in [3.63, 3.8) is 0 Å². The van der Waals surface area contributed by atoms with E-state index in [0.717, 1.165) is 37.5 Å². The van der Waals surface area contributed by atoms with Crippen LogP contribution in [0.1, 0.15) is 18.4 Å². The average Bonchev–Trinajstić information content (AvgIpc) is 3.38. The zero-order chi connectivity index (χ0) is 17.1. The maximum Gasteiger partial charge on any atom is 0.269 e. The average molecular weight is 340 g/mol. The minimum absolute atomic E-state index is 0.209. The van der Waals surface area contributed by atoms with Crippen LogP contribution in [0, 0.1) is 5.92 Å². The van der Waals surface area contributed by atoms with E-state index in [1.54, 1.807) is 12.3 Å². The molecule has 1 N–H and O–H groups in total. The largest absolute Gasteiger partial charge is 0.382 e. The van der Waals surface area contributed by atoms with Crippen LogP contribution in [0.5, 0.6) is 0 Å². The first-order valence-electron chi connectivity index (χ1n) is 8.48. The molecule has 7 nitrogen and oxygen atoms in total. The molecule has 1 saturated heterocycles. The fourth-order valence-corrected chi connectivity index (χ4v) is 3.08. The van der Waals surface area contributed by atoms with Gasteiger partial charge in [0.05, 0.1) is 18.5 Å². The minimum Gasteiger partial charge on any atom is -0.382 e. The second-order valence-corrected chi connectivity index (χ2v) is 6.32. The predicted molar refractivity (Wildman–Crippen MR) is 92.3 cm³/mol. The van der Waals surface area contributed by atoms with E-state index >= 15 is 0 Å². The van der Waals surface area contributed by atoms with Crippen molar-refractivity contribution < 1.29 is 14.4 Å². The lowest BCUT2D eigenvalue weighted by atomic mass is 10.0. The number of anilines is 1. The molecule has 3 heterocycles. The minimum atomic E-state index is -0.617. The van der Waals surface area contributed by atoms with Crippen LogP contribution in [0.4, 0.5) is 5.82 Å². The third kappa shape index (κ3) is 3.56. The van der Waals surface area contributed by atoms with Crippen molar-refractivity contribution in [2.24, 2.45) is 11.1 Å². The highest BCUT2D eigenvalue weighted by Gasteiger charge is 2.29. The molecule has 2 aromatic rings. The van der Waals surface area contributed by atoms with E-state index in [2.05, 4.69) is 15.6 Å². The number of amides is 1. The monoisotopic (exact) mass is 340 g/mol. The van der Waals surface area contributed by atoms with E-state index in [0.29, 0.717) is 18.2 Å². The molecule has 7 heteroatoms. The van der Waals surface area contributed by atoms with Gasteiger partial charge in [0, 0.05) is 31.6 Å². The number of rotatable bonds is 5. The second-order valence-electron chi connectivity index (χ2n) is 6.32. The van der Waals surface area contributed by atoms with Gasteiger partial charge in [-0.3, -0.25) is 4.79 Å². The Labute approximate surface area is 145 Å². The van der Waals surface area contributed by atoms with E-state index < -0.39 is 6.10 Å². The summed E-state index contributed by atoms with van der Waals surface area (Å²) in [6.45, 7) is 2.27. The molecule has 1 aromatic carbocycles. The van der Waals surface area contributed by atoms with Gasteiger partial charge in [-0.1, -0.05) is 35.5 Å². The van der Waals surface area contributed by atoms with Crippen molar-refractivity contribution in [1.82, 2.24) is 9.78 Å². The smallest absolute Gasteiger partial charge is 0.269 e. The molecular formula is C18H20N4O3. The molecule has 2 unspecified atom stereocenters. The molecule has 1 amide bonds. The number of carbonyl (C=O) groups excluding carboxylic acids is 1. The molecule has 2 aliphatic rings. The number of benzene rings is 1. The Morgan fingerprint density at radius 2 is 2.16 bits per heavy atom. The van der Waals surface area contributed by atoms with Crippen LogP contribution < -0.4 is 5.32 Å². The standard InChI is InChI=1S/C18H20N4O3/c23-18(16-10-15(21-25-16)14-4-2-1-3-5-14)20-17-6-8-19-22(17)11-13-7-9-24-12-13/h1-6,8,13,16H,7,9-12H2,(H,20,23). The fraction of sp³-hybridized carbons (Fsp3) is 0.389. The van der Waals surface area contributed by atoms with Gasteiger partial charge in [0.2, 0.25) is 6.10 Å². The first-order valence-corrected chi connectivity index (χ1v) is 8.48. The van der Waals surface area contributed by atoms with Crippen molar-refractivity contribution in [2.75, 3.05) is 18.5 Å². The number of nitrogens with one attached hydrogen (secondary N) is 1. The number of hydrogen-bond donors (Lipinski definition) is 1. The van der Waals surface area contributed by atoms with Crippen LogP contribution in [0.2, 0.25) is 0 Å². The molecule has 25 heavy (non-hydrogen) atoms. The Kier molecular flexibility index (Phi) is 4.47. The normalized spacial score (nSPS) is 22.5. The summed E-state index contributed by atoms with van der Waals surface area (Å²) in [5.74, 6) is 0.902. The van der Waals surface area contributed by atoms with Gasteiger partial charge in [-0.05, 0) is 12.0 Å². The second kappa shape index (κ2) is 7.06. The number of carbonyl (C=O) groups is 1. The number of oxime groups is 1. The van der Waals surface area contributed by atoms with E-state index in [9.17, 15) is 4.79 Å². The van der Waals surface area contributed by atoms with E-state index in [1.165, 1.54) is 0 Å². The maximum atomic E-state index is 12.5. The summed E-state index contributed by atoms with van der Waals surface area (Å²) >= 11 is 0. The van der Waals surface area contributed by atoms with Gasteiger partial charge in [-0.2, -0.15) is 5.10 Å². The summed E-state index contributed by atoms with van der Waals surface area (Å²) in [5.41, 5.74) is 1.77. The Balaban J connectivity index is 1.36. The lowest BCUT2D eigenvalue weighted by Gasteiger charge is -2.13. The number of hydrogen-bond acceptors (Lipinski definition) is 5. The molecule has 0 aliphatic carbocycles. The Morgan fingerprint density at radius 1 is 1.28 bits per heavy atom. The summed E-state index contributed by atoms with van der Waals surface area (Å²) in [6, 6.07) is 11.5. The summed E-state index contributed by atoms with van der Waals surface area (Å²) < 4.78 is 7.21. The van der Waals surface area contributed by atoms with Gasteiger partial charge in [0.15, 0.2) is 0 Å². The van der Waals surface area contributed by atoms with Crippen LogP contribution >= 0.6 is 0 Å². The molecule has 0 radical (unpaired) electrons. The van der Waals surface area contributed by atoms with Crippen LogP contribution in [0.25, 0.3) is 0 Å². The van der Waals surface area contributed by atoms with Crippen LogP contribution in [0.3, 0.4) is 0 Å². The van der Waals surface area contributed by atoms with Crippen molar-refractivity contribution in [3.8, 4) is 0 Å². The van der Waals surface area contributed by atoms with Crippen LogP contribution in [0.15, 0.2) is 47.8 Å². The third-order valence-electron chi connectivity index (χ3n) is 4.49. The van der Waals surface area contributed by atoms with Crippen molar-refractivity contribution in [1.29, 1.82) is 0 Å². The van der Waals surface area contributed by atoms with E-state index in [-0.39, 0.29) is 5.91 Å². The SMILES string of the molecule is O=C(Nc1ccnn1CC1CCOC1)C1CC(c2ccccc2)=NO1. The molecule has 4 rings (SSSR count). The summed E-state index contributed by atoms with van der Waals surface area (Å²) in [5, 5.41) is 11.3. The topological polar surface area (TPSA) is 77.7 Å². The summed E-state index contributed by atoms with van der Waals surface area (Å²) in [6.07, 6.45) is 2.55. The van der Waals surface area contributed by atoms with Gasteiger partial charge < -0.3 is 14.9 Å². The van der Waals surface area contributed by atoms with Crippen molar-refractivity contribution >= 4 is 17.4 Å². The third-order valence-corrected chi connectivity index (χ3v) is 4.49. The van der Waals surface area contributed by atoms with Gasteiger partial charge in [-0.25, -0.2) is 4.68 Å². The van der Waals surface area contributed by atoms with Crippen LogP contribution in [-0.2, 0) is 20.9 Å². The number of ether oxygens (including phenoxy) is 1. The molecule has 0 spiro atoms. The lowest BCUT2D eigenvalue weighted by molar-refractivity contribution is -0.125. The number of aromatic nitrogens is 2. The zero-order valence-electron chi connectivity index (χ0n) is 13.8. The van der Waals surface area contributed by atoms with Gasteiger partial charge in [-0.15, -0.1) is 0 Å². The Morgan fingerprint density at radius 3 is 2.96 bits per heavy atom. The van der Waals surface area contributed by atoms with E-state index in [4.69, 9.17) is 9.57 Å². The number of nitrogens with zero attached hydrogens (tertiary/aromatic N) is 3. The molecule has 2 atom stereocenters. The highest BCUT2D eigenvalue weighted by Crippen LogP contribution is 2.20. The Bertz CT molecular complexity index is 766. The van der Waals surface area contributed by atoms with Crippen molar-refractivity contribution in [3.05, 3.63) is 48.2 Å². The quantitative estimate of drug-likeness (QED) is 0.904. The molecule has 2 aliphatic heterocycles. The van der Waals surface area contributed by atoms with E-state index in [1.807, 2.05) is 35.0 Å². The highest BCUT2D eigenvalue weighted by atomic mass is 16.6. The summed E-state index contributed by atoms with van der Waals surface area (Å²) in [7, 11) is 0. The highest BCUT2D eigenvalue weighted by molar-refractivity contribution is 6.05. The summed E-state index contributed by atoms with van der Waals surface area (Å²) in [4.78, 5) is 17.8. The van der Waals surface area contributed by atoms with Gasteiger partial charge in [0.1, 0.15) is 5.82 Å². The predicted octanol–water partition coefficient (Wildman–Crippen LogP) is 2.05. The molecular weight excluding hydrogens is 320 g/mol. The van der Waals surface area contributed by atoms with Crippen molar-refractivity contribution in [2.45, 2.75) is 25.5 Å². The molecule has 0 saturated carbocycles. The first kappa shape index (κ1) is 15.8. The molecule has 1 fully saturated rings. The van der Waals surface area contributed by atoms with Gasteiger partial charge in [0.25, 0.3) is 5.91 Å². The van der Waals surface area contributed by atoms with Gasteiger partial charge >= 0.3 is 0 Å². The Hall–Kier alpha value is -2.67. The zero-order valence-corrected chi connectivity index (χ0v) is 13.8. The molecule has 0 bridgehead atoms. The lowest BCUT2D eigenvalue weighted by Crippen LogP contribution is -2.29. The molecule has 130 valence electrons. The first-order chi connectivity index (χ1) is 12.3. The molecule has 1 aromatic heterocycles. The maximum absolute atomic E-state index is 12.5. The van der Waals surface area contributed by atoms with Crippen LogP contribution in [-0.4, -0.2) is 40.7 Å².